The Bertz CT molecular complexity index is 639. The molecule has 0 bridgehead atoms. The van der Waals surface area contributed by atoms with E-state index in [0.29, 0.717) is 24.2 Å². The normalized spacial score (nSPS) is 19.1. The molecule has 0 saturated heterocycles. The molecule has 1 aliphatic rings. The number of fused-ring (bicyclic) bond motifs is 1. The number of aliphatic hydroxyl groups excluding tert-OH is 1. The molecule has 1 N–H and O–H groups in total. The van der Waals surface area contributed by atoms with E-state index >= 15 is 0 Å². The Balaban J connectivity index is 1.79. The lowest BCUT2D eigenvalue weighted by Gasteiger charge is -2.28. The maximum absolute atomic E-state index is 13.6. The topological polar surface area (TPSA) is 29.5 Å². The molecule has 0 saturated carbocycles. The fourth-order valence-electron chi connectivity index (χ4n) is 2.83. The maximum atomic E-state index is 13.6. The highest BCUT2D eigenvalue weighted by atomic mass is 19.1. The highest BCUT2D eigenvalue weighted by Gasteiger charge is 2.24. The van der Waals surface area contributed by atoms with Crippen LogP contribution in [0.15, 0.2) is 42.5 Å². The summed E-state index contributed by atoms with van der Waals surface area (Å²) < 4.78 is 19.4. The number of hydrogen-bond acceptors (Lipinski definition) is 2. The molecular formula is C18H19FO2. The summed E-state index contributed by atoms with van der Waals surface area (Å²) in [7, 11) is 0. The minimum atomic E-state index is -0.726. The van der Waals surface area contributed by atoms with Crippen LogP contribution in [0.5, 0.6) is 0 Å². The second-order valence-corrected chi connectivity index (χ2v) is 5.57. The molecule has 0 aliphatic carbocycles. The Morgan fingerprint density at radius 3 is 2.90 bits per heavy atom. The Labute approximate surface area is 124 Å². The third-order valence-corrected chi connectivity index (χ3v) is 4.11. The molecule has 0 amide bonds. The van der Waals surface area contributed by atoms with Gasteiger partial charge in [0.15, 0.2) is 0 Å². The molecule has 0 radical (unpaired) electrons. The first-order chi connectivity index (χ1) is 10.1. The zero-order valence-electron chi connectivity index (χ0n) is 12.1. The summed E-state index contributed by atoms with van der Waals surface area (Å²) in [6, 6.07) is 13.0. The SMILES string of the molecule is Cc1ccc(C(O)CC2OCCc3ccccc32)cc1F. The average molecular weight is 286 g/mol. The fraction of sp³-hybridized carbons (Fsp3) is 0.333. The number of benzene rings is 2. The van der Waals surface area contributed by atoms with Gasteiger partial charge >= 0.3 is 0 Å². The standard InChI is InChI=1S/C18H19FO2/c1-12-6-7-14(10-16(12)19)17(20)11-18-15-5-3-2-4-13(15)8-9-21-18/h2-7,10,17-18,20H,8-9,11H2,1H3. The maximum Gasteiger partial charge on any atom is 0.126 e. The molecule has 1 aliphatic heterocycles. The Morgan fingerprint density at radius 1 is 1.29 bits per heavy atom. The van der Waals surface area contributed by atoms with Crippen LogP contribution in [0.2, 0.25) is 0 Å². The lowest BCUT2D eigenvalue weighted by Crippen LogP contribution is -2.18. The largest absolute Gasteiger partial charge is 0.388 e. The number of aliphatic hydroxyl groups is 1. The minimum Gasteiger partial charge on any atom is -0.388 e. The van der Waals surface area contributed by atoms with E-state index in [9.17, 15) is 9.50 Å². The molecule has 3 rings (SSSR count). The molecule has 2 nitrogen and oxygen atoms in total. The molecule has 2 atom stereocenters. The number of hydrogen-bond donors (Lipinski definition) is 1. The predicted octanol–water partition coefficient (Wildman–Crippen LogP) is 3.87. The van der Waals surface area contributed by atoms with Gasteiger partial charge < -0.3 is 9.84 Å². The van der Waals surface area contributed by atoms with Crippen molar-refractivity contribution in [2.75, 3.05) is 6.61 Å². The van der Waals surface area contributed by atoms with E-state index in [1.165, 1.54) is 11.6 Å². The Hall–Kier alpha value is -1.71. The second-order valence-electron chi connectivity index (χ2n) is 5.57. The minimum absolute atomic E-state index is 0.130. The van der Waals surface area contributed by atoms with Crippen LogP contribution in [-0.4, -0.2) is 11.7 Å². The number of ether oxygens (including phenoxy) is 1. The van der Waals surface area contributed by atoms with Crippen molar-refractivity contribution in [3.63, 3.8) is 0 Å². The van der Waals surface area contributed by atoms with Crippen LogP contribution in [0.25, 0.3) is 0 Å². The molecule has 3 heteroatoms. The van der Waals surface area contributed by atoms with Crippen LogP contribution in [0, 0.1) is 12.7 Å². The van der Waals surface area contributed by atoms with Crippen molar-refractivity contribution in [3.05, 3.63) is 70.5 Å². The quantitative estimate of drug-likeness (QED) is 0.928. The number of rotatable bonds is 3. The summed E-state index contributed by atoms with van der Waals surface area (Å²) in [5.41, 5.74) is 3.60. The van der Waals surface area contributed by atoms with Crippen LogP contribution in [0.4, 0.5) is 4.39 Å². The zero-order valence-corrected chi connectivity index (χ0v) is 12.1. The second kappa shape index (κ2) is 5.96. The van der Waals surface area contributed by atoms with Crippen molar-refractivity contribution in [1.82, 2.24) is 0 Å². The summed E-state index contributed by atoms with van der Waals surface area (Å²) in [5, 5.41) is 10.4. The summed E-state index contributed by atoms with van der Waals surface area (Å²) in [5.74, 6) is -0.281. The van der Waals surface area contributed by atoms with Gasteiger partial charge in [-0.05, 0) is 41.7 Å². The molecule has 0 fully saturated rings. The molecule has 0 aromatic heterocycles. The van der Waals surface area contributed by atoms with Crippen LogP contribution >= 0.6 is 0 Å². The van der Waals surface area contributed by atoms with Gasteiger partial charge in [0, 0.05) is 6.42 Å². The van der Waals surface area contributed by atoms with E-state index < -0.39 is 6.10 Å². The van der Waals surface area contributed by atoms with Gasteiger partial charge in [0.1, 0.15) is 5.82 Å². The molecule has 0 spiro atoms. The van der Waals surface area contributed by atoms with E-state index in [4.69, 9.17) is 4.74 Å². The van der Waals surface area contributed by atoms with Gasteiger partial charge in [0.2, 0.25) is 0 Å². The zero-order chi connectivity index (χ0) is 14.8. The van der Waals surface area contributed by atoms with Crippen molar-refractivity contribution in [1.29, 1.82) is 0 Å². The van der Waals surface area contributed by atoms with Gasteiger partial charge in [-0.1, -0.05) is 36.4 Å². The summed E-state index contributed by atoms with van der Waals surface area (Å²) in [6.07, 6.45) is 0.493. The predicted molar refractivity (Wildman–Crippen MR) is 79.6 cm³/mol. The van der Waals surface area contributed by atoms with Crippen molar-refractivity contribution < 1.29 is 14.2 Å². The van der Waals surface area contributed by atoms with Gasteiger partial charge in [0.05, 0.1) is 18.8 Å². The van der Waals surface area contributed by atoms with Gasteiger partial charge in [-0.25, -0.2) is 4.39 Å². The summed E-state index contributed by atoms with van der Waals surface area (Å²) >= 11 is 0. The first-order valence-electron chi connectivity index (χ1n) is 7.28. The molecular weight excluding hydrogens is 267 g/mol. The molecule has 2 aromatic carbocycles. The Kier molecular flexibility index (Phi) is 4.04. The van der Waals surface area contributed by atoms with Crippen molar-refractivity contribution >= 4 is 0 Å². The lowest BCUT2D eigenvalue weighted by atomic mass is 9.92. The van der Waals surface area contributed by atoms with Crippen LogP contribution in [-0.2, 0) is 11.2 Å². The number of aryl methyl sites for hydroxylation is 1. The molecule has 1 heterocycles. The molecule has 2 aromatic rings. The van der Waals surface area contributed by atoms with E-state index in [-0.39, 0.29) is 11.9 Å². The molecule has 110 valence electrons. The van der Waals surface area contributed by atoms with Crippen LogP contribution < -0.4 is 0 Å². The van der Waals surface area contributed by atoms with Crippen molar-refractivity contribution in [3.8, 4) is 0 Å². The highest BCUT2D eigenvalue weighted by molar-refractivity contribution is 5.32. The molecule has 21 heavy (non-hydrogen) atoms. The van der Waals surface area contributed by atoms with E-state index in [2.05, 4.69) is 6.07 Å². The summed E-state index contributed by atoms with van der Waals surface area (Å²) in [6.45, 7) is 2.38. The van der Waals surface area contributed by atoms with Gasteiger partial charge in [-0.3, -0.25) is 0 Å². The first-order valence-corrected chi connectivity index (χ1v) is 7.28. The van der Waals surface area contributed by atoms with E-state index in [1.54, 1.807) is 19.1 Å². The van der Waals surface area contributed by atoms with Gasteiger partial charge in [0.25, 0.3) is 0 Å². The third kappa shape index (κ3) is 2.99. The Morgan fingerprint density at radius 2 is 2.10 bits per heavy atom. The smallest absolute Gasteiger partial charge is 0.126 e. The van der Waals surface area contributed by atoms with Crippen molar-refractivity contribution in [2.45, 2.75) is 32.0 Å². The van der Waals surface area contributed by atoms with Crippen LogP contribution in [0.3, 0.4) is 0 Å². The van der Waals surface area contributed by atoms with Crippen molar-refractivity contribution in [2.24, 2.45) is 0 Å². The first kappa shape index (κ1) is 14.2. The van der Waals surface area contributed by atoms with Gasteiger partial charge in [-0.2, -0.15) is 0 Å². The van der Waals surface area contributed by atoms with Gasteiger partial charge in [-0.15, -0.1) is 0 Å². The van der Waals surface area contributed by atoms with E-state index in [0.717, 1.165) is 12.0 Å². The lowest BCUT2D eigenvalue weighted by molar-refractivity contribution is 0.00370. The van der Waals surface area contributed by atoms with Crippen LogP contribution in [0.1, 0.15) is 40.9 Å². The molecule has 2 unspecified atom stereocenters. The fourth-order valence-corrected chi connectivity index (χ4v) is 2.83. The van der Waals surface area contributed by atoms with E-state index in [1.807, 2.05) is 18.2 Å². The monoisotopic (exact) mass is 286 g/mol. The number of halogens is 1. The highest BCUT2D eigenvalue weighted by Crippen LogP contribution is 2.34. The third-order valence-electron chi connectivity index (χ3n) is 4.11. The average Bonchev–Trinajstić information content (AvgIpc) is 2.50. The summed E-state index contributed by atoms with van der Waals surface area (Å²) in [4.78, 5) is 0.